The number of benzene rings is 1. The maximum atomic E-state index is 11.8. The standard InChI is InChI=1S/C16H24N2O2/c1-4-6-7-8-15(19)18-14-11-13(10-9-12(14)3)16(20)17-5-2/h9-11H,4-8H2,1-3H3,(H,17,20)(H,18,19). The predicted molar refractivity (Wildman–Crippen MR) is 82.0 cm³/mol. The summed E-state index contributed by atoms with van der Waals surface area (Å²) in [5, 5.41) is 5.64. The highest BCUT2D eigenvalue weighted by atomic mass is 16.2. The third-order valence-corrected chi connectivity index (χ3v) is 3.12. The van der Waals surface area contributed by atoms with E-state index in [1.165, 1.54) is 0 Å². The molecular formula is C16H24N2O2. The lowest BCUT2D eigenvalue weighted by Gasteiger charge is -2.10. The Morgan fingerprint density at radius 1 is 1.15 bits per heavy atom. The maximum absolute atomic E-state index is 11.8. The van der Waals surface area contributed by atoms with Gasteiger partial charge in [-0.05, 0) is 38.0 Å². The molecule has 4 nitrogen and oxygen atoms in total. The lowest BCUT2D eigenvalue weighted by molar-refractivity contribution is -0.116. The minimum Gasteiger partial charge on any atom is -0.352 e. The Bertz CT molecular complexity index is 470. The number of aryl methyl sites for hydroxylation is 1. The Kier molecular flexibility index (Phi) is 6.77. The minimum atomic E-state index is -0.117. The molecule has 0 atom stereocenters. The van der Waals surface area contributed by atoms with E-state index in [1.54, 1.807) is 12.1 Å². The van der Waals surface area contributed by atoms with Crippen molar-refractivity contribution >= 4 is 17.5 Å². The van der Waals surface area contributed by atoms with Crippen molar-refractivity contribution in [2.75, 3.05) is 11.9 Å². The summed E-state index contributed by atoms with van der Waals surface area (Å²) in [5.41, 5.74) is 2.25. The van der Waals surface area contributed by atoms with Crippen LogP contribution in [0.25, 0.3) is 0 Å². The molecule has 2 N–H and O–H groups in total. The third kappa shape index (κ3) is 5.03. The molecule has 0 bridgehead atoms. The summed E-state index contributed by atoms with van der Waals surface area (Å²) in [6.45, 7) is 6.49. The maximum Gasteiger partial charge on any atom is 0.251 e. The van der Waals surface area contributed by atoms with E-state index in [0.29, 0.717) is 18.5 Å². The number of unbranched alkanes of at least 4 members (excludes halogenated alkanes) is 2. The van der Waals surface area contributed by atoms with Gasteiger partial charge in [-0.15, -0.1) is 0 Å². The Morgan fingerprint density at radius 2 is 1.90 bits per heavy atom. The largest absolute Gasteiger partial charge is 0.352 e. The van der Waals surface area contributed by atoms with Crippen LogP contribution in [0.1, 0.15) is 55.5 Å². The summed E-state index contributed by atoms with van der Waals surface area (Å²) < 4.78 is 0. The lowest BCUT2D eigenvalue weighted by atomic mass is 10.1. The van der Waals surface area contributed by atoms with Crippen LogP contribution >= 0.6 is 0 Å². The number of carbonyl (C=O) groups excluding carboxylic acids is 2. The van der Waals surface area contributed by atoms with Gasteiger partial charge in [-0.2, -0.15) is 0 Å². The van der Waals surface area contributed by atoms with E-state index in [9.17, 15) is 9.59 Å². The van der Waals surface area contributed by atoms with E-state index >= 15 is 0 Å². The second-order valence-corrected chi connectivity index (χ2v) is 4.89. The van der Waals surface area contributed by atoms with Crippen LogP contribution in [0.15, 0.2) is 18.2 Å². The van der Waals surface area contributed by atoms with Crippen LogP contribution in [0.3, 0.4) is 0 Å². The SMILES string of the molecule is CCCCCC(=O)Nc1cc(C(=O)NCC)ccc1C. The molecule has 0 heterocycles. The van der Waals surface area contributed by atoms with Gasteiger partial charge in [-0.3, -0.25) is 9.59 Å². The van der Waals surface area contributed by atoms with Gasteiger partial charge in [-0.1, -0.05) is 25.8 Å². The second kappa shape index (κ2) is 8.35. The fourth-order valence-electron chi connectivity index (χ4n) is 1.91. The molecule has 0 unspecified atom stereocenters. The minimum absolute atomic E-state index is 0.00889. The predicted octanol–water partition coefficient (Wildman–Crippen LogP) is 3.26. The summed E-state index contributed by atoms with van der Waals surface area (Å²) in [6, 6.07) is 5.36. The van der Waals surface area contributed by atoms with Crippen LogP contribution in [0.4, 0.5) is 5.69 Å². The highest BCUT2D eigenvalue weighted by molar-refractivity contribution is 5.97. The quantitative estimate of drug-likeness (QED) is 0.751. The van der Waals surface area contributed by atoms with E-state index in [1.807, 2.05) is 19.9 Å². The molecule has 0 fully saturated rings. The molecule has 0 aromatic heterocycles. The van der Waals surface area contributed by atoms with Crippen LogP contribution in [-0.2, 0) is 4.79 Å². The Morgan fingerprint density at radius 3 is 2.55 bits per heavy atom. The van der Waals surface area contributed by atoms with Gasteiger partial charge < -0.3 is 10.6 Å². The van der Waals surface area contributed by atoms with Crippen molar-refractivity contribution in [2.45, 2.75) is 46.5 Å². The van der Waals surface area contributed by atoms with Crippen LogP contribution in [0, 0.1) is 6.92 Å². The summed E-state index contributed by atoms with van der Waals surface area (Å²) in [7, 11) is 0. The van der Waals surface area contributed by atoms with Crippen molar-refractivity contribution in [1.82, 2.24) is 5.32 Å². The zero-order valence-electron chi connectivity index (χ0n) is 12.6. The summed E-state index contributed by atoms with van der Waals surface area (Å²) in [4.78, 5) is 23.6. The van der Waals surface area contributed by atoms with Crippen molar-refractivity contribution in [1.29, 1.82) is 0 Å². The molecule has 4 heteroatoms. The van der Waals surface area contributed by atoms with E-state index in [2.05, 4.69) is 17.6 Å². The van der Waals surface area contributed by atoms with Gasteiger partial charge in [0.2, 0.25) is 5.91 Å². The lowest BCUT2D eigenvalue weighted by Crippen LogP contribution is -2.23. The summed E-state index contributed by atoms with van der Waals surface area (Å²) in [6.07, 6.45) is 3.58. The number of hydrogen-bond acceptors (Lipinski definition) is 2. The summed E-state index contributed by atoms with van der Waals surface area (Å²) in [5.74, 6) is -0.108. The van der Waals surface area contributed by atoms with Crippen molar-refractivity contribution in [3.05, 3.63) is 29.3 Å². The number of rotatable bonds is 7. The molecule has 0 aliphatic rings. The van der Waals surface area contributed by atoms with Crippen molar-refractivity contribution < 1.29 is 9.59 Å². The molecule has 0 radical (unpaired) electrons. The normalized spacial score (nSPS) is 10.2. The van der Waals surface area contributed by atoms with E-state index in [4.69, 9.17) is 0 Å². The number of amides is 2. The number of anilines is 1. The first-order valence-corrected chi connectivity index (χ1v) is 7.27. The Labute approximate surface area is 121 Å². The van der Waals surface area contributed by atoms with Crippen LogP contribution in [0.2, 0.25) is 0 Å². The van der Waals surface area contributed by atoms with E-state index in [-0.39, 0.29) is 11.8 Å². The van der Waals surface area contributed by atoms with Gasteiger partial charge in [0.05, 0.1) is 0 Å². The molecule has 0 saturated carbocycles. The van der Waals surface area contributed by atoms with Gasteiger partial charge in [0.1, 0.15) is 0 Å². The molecular weight excluding hydrogens is 252 g/mol. The highest BCUT2D eigenvalue weighted by Gasteiger charge is 2.09. The number of hydrogen-bond donors (Lipinski definition) is 2. The number of carbonyl (C=O) groups is 2. The molecule has 1 aromatic carbocycles. The third-order valence-electron chi connectivity index (χ3n) is 3.12. The van der Waals surface area contributed by atoms with Gasteiger partial charge in [0.25, 0.3) is 5.91 Å². The monoisotopic (exact) mass is 276 g/mol. The fraction of sp³-hybridized carbons (Fsp3) is 0.500. The first kappa shape index (κ1) is 16.2. The molecule has 20 heavy (non-hydrogen) atoms. The van der Waals surface area contributed by atoms with Crippen molar-refractivity contribution in [3.63, 3.8) is 0 Å². The van der Waals surface area contributed by atoms with Crippen LogP contribution < -0.4 is 10.6 Å². The molecule has 1 aromatic rings. The first-order valence-electron chi connectivity index (χ1n) is 7.27. The van der Waals surface area contributed by atoms with Gasteiger partial charge in [0.15, 0.2) is 0 Å². The topological polar surface area (TPSA) is 58.2 Å². The van der Waals surface area contributed by atoms with E-state index < -0.39 is 0 Å². The van der Waals surface area contributed by atoms with Crippen LogP contribution in [0.5, 0.6) is 0 Å². The van der Waals surface area contributed by atoms with Crippen LogP contribution in [-0.4, -0.2) is 18.4 Å². The molecule has 1 rings (SSSR count). The molecule has 0 saturated heterocycles. The first-order chi connectivity index (χ1) is 9.58. The van der Waals surface area contributed by atoms with Gasteiger partial charge >= 0.3 is 0 Å². The number of nitrogens with one attached hydrogen (secondary N) is 2. The average Bonchev–Trinajstić information content (AvgIpc) is 2.42. The highest BCUT2D eigenvalue weighted by Crippen LogP contribution is 2.17. The fourth-order valence-corrected chi connectivity index (χ4v) is 1.91. The molecule has 2 amide bonds. The van der Waals surface area contributed by atoms with Crippen molar-refractivity contribution in [2.24, 2.45) is 0 Å². The van der Waals surface area contributed by atoms with Crippen molar-refractivity contribution in [3.8, 4) is 0 Å². The Hall–Kier alpha value is -1.84. The Balaban J connectivity index is 2.71. The smallest absolute Gasteiger partial charge is 0.251 e. The van der Waals surface area contributed by atoms with Gasteiger partial charge in [0, 0.05) is 24.2 Å². The molecule has 0 spiro atoms. The van der Waals surface area contributed by atoms with Gasteiger partial charge in [-0.25, -0.2) is 0 Å². The zero-order valence-corrected chi connectivity index (χ0v) is 12.6. The molecule has 0 aliphatic heterocycles. The summed E-state index contributed by atoms with van der Waals surface area (Å²) >= 11 is 0. The molecule has 110 valence electrons. The average molecular weight is 276 g/mol. The van der Waals surface area contributed by atoms with E-state index in [0.717, 1.165) is 30.5 Å². The zero-order chi connectivity index (χ0) is 15.0. The second-order valence-electron chi connectivity index (χ2n) is 4.89. The molecule has 0 aliphatic carbocycles.